The van der Waals surface area contributed by atoms with E-state index in [-0.39, 0.29) is 10.6 Å². The average Bonchev–Trinajstić information content (AvgIpc) is 2.16. The van der Waals surface area contributed by atoms with E-state index in [9.17, 15) is 9.59 Å². The van der Waals surface area contributed by atoms with Gasteiger partial charge in [0.25, 0.3) is 0 Å². The first kappa shape index (κ1) is 11.8. The minimum atomic E-state index is -0.264. The highest BCUT2D eigenvalue weighted by Gasteiger charge is 2.16. The summed E-state index contributed by atoms with van der Waals surface area (Å²) in [5, 5.41) is 0. The topological polar surface area (TPSA) is 34.1 Å². The van der Waals surface area contributed by atoms with Crippen molar-refractivity contribution in [1.29, 1.82) is 0 Å². The summed E-state index contributed by atoms with van der Waals surface area (Å²) in [5.74, 6) is -0.0642. The van der Waals surface area contributed by atoms with Gasteiger partial charge in [0, 0.05) is 14.7 Å². The molecular weight excluding hydrogens is 359 g/mol. The third-order valence-corrected chi connectivity index (χ3v) is 3.15. The Hall–Kier alpha value is -0.230. The second kappa shape index (κ2) is 5.02. The summed E-state index contributed by atoms with van der Waals surface area (Å²) in [6.07, 6.45) is 0.727. The van der Waals surface area contributed by atoms with Crippen LogP contribution >= 0.6 is 38.5 Å². The standard InChI is InChI=1S/C10H8BrIO2/c1-6(11)10(14)7-3-2-4-9(12)8(7)5-13/h2-6H,1H3. The van der Waals surface area contributed by atoms with Crippen molar-refractivity contribution in [2.75, 3.05) is 0 Å². The molecule has 4 heteroatoms. The summed E-state index contributed by atoms with van der Waals surface area (Å²) >= 11 is 5.24. The number of alkyl halides is 1. The van der Waals surface area contributed by atoms with Crippen LogP contribution in [0.4, 0.5) is 0 Å². The number of benzene rings is 1. The van der Waals surface area contributed by atoms with Crippen LogP contribution in [0, 0.1) is 3.57 Å². The van der Waals surface area contributed by atoms with Crippen molar-refractivity contribution in [2.24, 2.45) is 0 Å². The summed E-state index contributed by atoms with van der Waals surface area (Å²) < 4.78 is 0.802. The third kappa shape index (κ3) is 2.42. The molecule has 0 N–H and O–H groups in total. The van der Waals surface area contributed by atoms with Crippen LogP contribution in [0.2, 0.25) is 0 Å². The van der Waals surface area contributed by atoms with Crippen molar-refractivity contribution in [3.63, 3.8) is 0 Å². The van der Waals surface area contributed by atoms with Crippen LogP contribution in [0.15, 0.2) is 18.2 Å². The first-order valence-electron chi connectivity index (χ1n) is 4.00. The molecule has 0 aliphatic rings. The van der Waals surface area contributed by atoms with Gasteiger partial charge in [0.05, 0.1) is 4.83 Å². The van der Waals surface area contributed by atoms with E-state index in [1.807, 2.05) is 22.6 Å². The van der Waals surface area contributed by atoms with E-state index in [2.05, 4.69) is 15.9 Å². The number of rotatable bonds is 3. The molecule has 1 unspecified atom stereocenters. The lowest BCUT2D eigenvalue weighted by molar-refractivity contribution is 0.0989. The number of ketones is 1. The van der Waals surface area contributed by atoms with Gasteiger partial charge >= 0.3 is 0 Å². The zero-order chi connectivity index (χ0) is 10.7. The van der Waals surface area contributed by atoms with Crippen LogP contribution in [0.3, 0.4) is 0 Å². The largest absolute Gasteiger partial charge is 0.298 e. The Kier molecular flexibility index (Phi) is 4.25. The van der Waals surface area contributed by atoms with Gasteiger partial charge in [0.15, 0.2) is 12.1 Å². The Labute approximate surface area is 104 Å². The molecule has 14 heavy (non-hydrogen) atoms. The first-order chi connectivity index (χ1) is 6.57. The van der Waals surface area contributed by atoms with E-state index in [1.165, 1.54) is 0 Å². The number of carbonyl (C=O) groups excluding carboxylic acids is 2. The Bertz CT molecular complexity index is 374. The molecular formula is C10H8BrIO2. The molecule has 0 radical (unpaired) electrons. The lowest BCUT2D eigenvalue weighted by Crippen LogP contribution is -2.13. The van der Waals surface area contributed by atoms with Gasteiger partial charge in [-0.25, -0.2) is 0 Å². The molecule has 1 aromatic rings. The number of aldehydes is 1. The molecule has 0 spiro atoms. The maximum absolute atomic E-state index is 11.7. The van der Waals surface area contributed by atoms with E-state index in [1.54, 1.807) is 25.1 Å². The zero-order valence-electron chi connectivity index (χ0n) is 7.46. The number of hydrogen-bond acceptors (Lipinski definition) is 2. The number of halogens is 2. The molecule has 1 atom stereocenters. The van der Waals surface area contributed by atoms with Gasteiger partial charge in [-0.2, -0.15) is 0 Å². The molecule has 1 aromatic carbocycles. The highest BCUT2D eigenvalue weighted by Crippen LogP contribution is 2.18. The molecule has 0 bridgehead atoms. The number of hydrogen-bond donors (Lipinski definition) is 0. The maximum Gasteiger partial charge on any atom is 0.176 e. The van der Waals surface area contributed by atoms with E-state index in [0.717, 1.165) is 9.86 Å². The van der Waals surface area contributed by atoms with Gasteiger partial charge in [-0.15, -0.1) is 0 Å². The Balaban J connectivity index is 3.27. The van der Waals surface area contributed by atoms with Crippen molar-refractivity contribution in [2.45, 2.75) is 11.8 Å². The predicted molar refractivity (Wildman–Crippen MR) is 67.3 cm³/mol. The smallest absolute Gasteiger partial charge is 0.176 e. The van der Waals surface area contributed by atoms with Crippen LogP contribution in [0.1, 0.15) is 27.6 Å². The Morgan fingerprint density at radius 1 is 1.57 bits per heavy atom. The van der Waals surface area contributed by atoms with Crippen molar-refractivity contribution >= 4 is 50.6 Å². The van der Waals surface area contributed by atoms with E-state index in [4.69, 9.17) is 0 Å². The van der Waals surface area contributed by atoms with Gasteiger partial charge in [-0.3, -0.25) is 9.59 Å². The molecule has 0 saturated carbocycles. The number of carbonyl (C=O) groups is 2. The minimum Gasteiger partial charge on any atom is -0.298 e. The molecule has 1 rings (SSSR count). The van der Waals surface area contributed by atoms with Crippen molar-refractivity contribution < 1.29 is 9.59 Å². The average molecular weight is 367 g/mol. The highest BCUT2D eigenvalue weighted by atomic mass is 127. The number of Topliss-reactive ketones (excluding diaryl/α,β-unsaturated/α-hetero) is 1. The fourth-order valence-corrected chi connectivity index (χ4v) is 1.96. The van der Waals surface area contributed by atoms with E-state index >= 15 is 0 Å². The minimum absolute atomic E-state index is 0.0642. The van der Waals surface area contributed by atoms with Gasteiger partial charge in [-0.05, 0) is 35.6 Å². The fraction of sp³-hybridized carbons (Fsp3) is 0.200. The van der Waals surface area contributed by atoms with Gasteiger partial charge in [0.1, 0.15) is 0 Å². The zero-order valence-corrected chi connectivity index (χ0v) is 11.2. The highest BCUT2D eigenvalue weighted by molar-refractivity contribution is 14.1. The van der Waals surface area contributed by atoms with Crippen molar-refractivity contribution in [1.82, 2.24) is 0 Å². The molecule has 0 aliphatic carbocycles. The van der Waals surface area contributed by atoms with Crippen LogP contribution in [0.25, 0.3) is 0 Å². The Morgan fingerprint density at radius 3 is 2.71 bits per heavy atom. The maximum atomic E-state index is 11.7. The molecule has 0 heterocycles. The monoisotopic (exact) mass is 366 g/mol. The van der Waals surface area contributed by atoms with Crippen LogP contribution in [-0.4, -0.2) is 16.9 Å². The molecule has 2 nitrogen and oxygen atoms in total. The third-order valence-electron chi connectivity index (χ3n) is 1.80. The Morgan fingerprint density at radius 2 is 2.21 bits per heavy atom. The van der Waals surface area contributed by atoms with Crippen LogP contribution in [0.5, 0.6) is 0 Å². The summed E-state index contributed by atoms with van der Waals surface area (Å²) in [4.78, 5) is 22.2. The predicted octanol–water partition coefficient (Wildman–Crippen LogP) is 3.07. The second-order valence-corrected chi connectivity index (χ2v) is 5.33. The van der Waals surface area contributed by atoms with E-state index < -0.39 is 0 Å². The van der Waals surface area contributed by atoms with Gasteiger partial charge in [0.2, 0.25) is 0 Å². The summed E-state index contributed by atoms with van der Waals surface area (Å²) in [6.45, 7) is 1.75. The van der Waals surface area contributed by atoms with Crippen LogP contribution < -0.4 is 0 Å². The quantitative estimate of drug-likeness (QED) is 0.356. The molecule has 0 amide bonds. The molecule has 0 fully saturated rings. The fourth-order valence-electron chi connectivity index (χ4n) is 1.09. The molecule has 0 aliphatic heterocycles. The lowest BCUT2D eigenvalue weighted by atomic mass is 10.0. The molecule has 74 valence electrons. The molecule has 0 aromatic heterocycles. The lowest BCUT2D eigenvalue weighted by Gasteiger charge is -2.06. The van der Waals surface area contributed by atoms with Crippen molar-refractivity contribution in [3.05, 3.63) is 32.9 Å². The van der Waals surface area contributed by atoms with E-state index in [0.29, 0.717) is 11.1 Å². The normalized spacial score (nSPS) is 12.2. The summed E-state index contributed by atoms with van der Waals surface area (Å²) in [5.41, 5.74) is 0.959. The van der Waals surface area contributed by atoms with Gasteiger partial charge in [-0.1, -0.05) is 28.1 Å². The second-order valence-electron chi connectivity index (χ2n) is 2.80. The molecule has 0 saturated heterocycles. The summed E-state index contributed by atoms with van der Waals surface area (Å²) in [6, 6.07) is 5.25. The summed E-state index contributed by atoms with van der Waals surface area (Å²) in [7, 11) is 0. The van der Waals surface area contributed by atoms with Gasteiger partial charge < -0.3 is 0 Å². The van der Waals surface area contributed by atoms with Crippen molar-refractivity contribution in [3.8, 4) is 0 Å². The van der Waals surface area contributed by atoms with Crippen LogP contribution in [-0.2, 0) is 0 Å². The SMILES string of the molecule is CC(Br)C(=O)c1cccc(I)c1C=O. The first-order valence-corrected chi connectivity index (χ1v) is 5.99.